The topological polar surface area (TPSA) is 6.48 Å². The van der Waals surface area contributed by atoms with Crippen LogP contribution in [0, 0.1) is 11.3 Å². The van der Waals surface area contributed by atoms with Crippen molar-refractivity contribution in [2.75, 3.05) is 26.2 Å². The highest BCUT2D eigenvalue weighted by Crippen LogP contribution is 2.52. The molecule has 0 amide bonds. The fourth-order valence-electron chi connectivity index (χ4n) is 3.74. The molecule has 1 aliphatic carbocycles. The average molecular weight is 222 g/mol. The van der Waals surface area contributed by atoms with E-state index in [1.165, 1.54) is 39.0 Å². The average Bonchev–Trinajstić information content (AvgIpc) is 1.92. The van der Waals surface area contributed by atoms with E-state index < -0.39 is 0 Å². The molecule has 16 heavy (non-hydrogen) atoms. The van der Waals surface area contributed by atoms with Gasteiger partial charge < -0.3 is 0 Å². The zero-order valence-electron chi connectivity index (χ0n) is 11.3. The summed E-state index contributed by atoms with van der Waals surface area (Å²) in [7, 11) is 0. The molecular weight excluding hydrogens is 196 g/mol. The molecule has 1 spiro atoms. The molecule has 3 rings (SSSR count). The molecule has 0 atom stereocenters. The predicted molar refractivity (Wildman–Crippen MR) is 67.5 cm³/mol. The van der Waals surface area contributed by atoms with E-state index in [1.807, 2.05) is 0 Å². The molecule has 3 fully saturated rings. The van der Waals surface area contributed by atoms with Gasteiger partial charge in [0.25, 0.3) is 0 Å². The van der Waals surface area contributed by atoms with Gasteiger partial charge in [0.05, 0.1) is 0 Å². The van der Waals surface area contributed by atoms with Gasteiger partial charge in [0, 0.05) is 37.8 Å². The molecular formula is C14H26N2. The van der Waals surface area contributed by atoms with Crippen molar-refractivity contribution in [1.29, 1.82) is 0 Å². The normalized spacial score (nSPS) is 32.2. The molecule has 0 bridgehead atoms. The number of hydrogen-bond donors (Lipinski definition) is 0. The van der Waals surface area contributed by atoms with Crippen molar-refractivity contribution in [2.45, 2.75) is 52.1 Å². The minimum atomic E-state index is 0.390. The van der Waals surface area contributed by atoms with E-state index in [1.54, 1.807) is 0 Å². The maximum Gasteiger partial charge on any atom is 0.0125 e. The van der Waals surface area contributed by atoms with Crippen molar-refractivity contribution in [3.05, 3.63) is 0 Å². The summed E-state index contributed by atoms with van der Waals surface area (Å²) in [5, 5.41) is 0. The number of hydrogen-bond acceptors (Lipinski definition) is 2. The minimum absolute atomic E-state index is 0.390. The Morgan fingerprint density at radius 3 is 2.06 bits per heavy atom. The third-order valence-corrected chi connectivity index (χ3v) is 4.95. The van der Waals surface area contributed by atoms with Crippen molar-refractivity contribution in [3.8, 4) is 0 Å². The number of nitrogens with zero attached hydrogens (tertiary/aromatic N) is 2. The first kappa shape index (κ1) is 11.0. The summed E-state index contributed by atoms with van der Waals surface area (Å²) in [6.07, 6.45) is 2.96. The Kier molecular flexibility index (Phi) is 2.23. The van der Waals surface area contributed by atoms with Crippen LogP contribution in [0.15, 0.2) is 0 Å². The van der Waals surface area contributed by atoms with Crippen LogP contribution < -0.4 is 0 Å². The zero-order chi connectivity index (χ0) is 11.6. The molecule has 2 heteroatoms. The Morgan fingerprint density at radius 2 is 1.62 bits per heavy atom. The van der Waals surface area contributed by atoms with Crippen molar-refractivity contribution >= 4 is 0 Å². The highest BCUT2D eigenvalue weighted by molar-refractivity contribution is 5.10. The monoisotopic (exact) mass is 222 g/mol. The Balaban J connectivity index is 1.45. The van der Waals surface area contributed by atoms with Gasteiger partial charge in [-0.3, -0.25) is 9.80 Å². The van der Waals surface area contributed by atoms with E-state index in [2.05, 4.69) is 37.5 Å². The SMILES string of the molecule is CC1CN(C2CC3(C2)CN(C(C)(C)C)C3)C1. The van der Waals surface area contributed by atoms with Crippen molar-refractivity contribution in [2.24, 2.45) is 11.3 Å². The molecule has 92 valence electrons. The largest absolute Gasteiger partial charge is 0.300 e. The molecule has 0 aromatic carbocycles. The van der Waals surface area contributed by atoms with Crippen LogP contribution in [0.1, 0.15) is 40.5 Å². The summed E-state index contributed by atoms with van der Waals surface area (Å²) >= 11 is 0. The van der Waals surface area contributed by atoms with Crippen LogP contribution in [0.25, 0.3) is 0 Å². The van der Waals surface area contributed by atoms with Gasteiger partial charge in [0.1, 0.15) is 0 Å². The highest BCUT2D eigenvalue weighted by Gasteiger charge is 2.56. The molecule has 0 radical (unpaired) electrons. The van der Waals surface area contributed by atoms with Gasteiger partial charge in [-0.2, -0.15) is 0 Å². The Bertz CT molecular complexity index is 272. The summed E-state index contributed by atoms with van der Waals surface area (Å²) in [4.78, 5) is 5.34. The second-order valence-electron chi connectivity index (χ2n) is 7.65. The van der Waals surface area contributed by atoms with Crippen LogP contribution >= 0.6 is 0 Å². The zero-order valence-corrected chi connectivity index (χ0v) is 11.3. The van der Waals surface area contributed by atoms with E-state index in [9.17, 15) is 0 Å². The number of likely N-dealkylation sites (tertiary alicyclic amines) is 2. The molecule has 2 nitrogen and oxygen atoms in total. The molecule has 0 aromatic rings. The third-order valence-electron chi connectivity index (χ3n) is 4.95. The second kappa shape index (κ2) is 3.23. The number of rotatable bonds is 1. The predicted octanol–water partition coefficient (Wildman–Crippen LogP) is 2.20. The maximum absolute atomic E-state index is 2.70. The highest BCUT2D eigenvalue weighted by atomic mass is 15.3. The smallest absolute Gasteiger partial charge is 0.0125 e. The molecule has 2 heterocycles. The molecule has 0 aromatic heterocycles. The van der Waals surface area contributed by atoms with E-state index in [-0.39, 0.29) is 0 Å². The van der Waals surface area contributed by atoms with E-state index in [0.29, 0.717) is 5.54 Å². The first-order valence-corrected chi connectivity index (χ1v) is 6.87. The van der Waals surface area contributed by atoms with Crippen LogP contribution in [0.3, 0.4) is 0 Å². The van der Waals surface area contributed by atoms with Gasteiger partial charge in [0.2, 0.25) is 0 Å². The van der Waals surface area contributed by atoms with Crippen LogP contribution in [0.2, 0.25) is 0 Å². The van der Waals surface area contributed by atoms with Crippen molar-refractivity contribution < 1.29 is 0 Å². The summed E-state index contributed by atoms with van der Waals surface area (Å²) in [6, 6.07) is 0.943. The van der Waals surface area contributed by atoms with E-state index in [0.717, 1.165) is 17.4 Å². The van der Waals surface area contributed by atoms with Crippen LogP contribution in [-0.4, -0.2) is 47.6 Å². The fraction of sp³-hybridized carbons (Fsp3) is 1.00. The van der Waals surface area contributed by atoms with Crippen molar-refractivity contribution in [1.82, 2.24) is 9.80 Å². The van der Waals surface area contributed by atoms with Crippen molar-refractivity contribution in [3.63, 3.8) is 0 Å². The van der Waals surface area contributed by atoms with Gasteiger partial charge in [-0.25, -0.2) is 0 Å². The Morgan fingerprint density at radius 1 is 1.06 bits per heavy atom. The first-order valence-electron chi connectivity index (χ1n) is 6.87. The summed E-state index contributed by atoms with van der Waals surface area (Å²) in [6.45, 7) is 14.8. The van der Waals surface area contributed by atoms with Gasteiger partial charge in [-0.05, 0) is 44.9 Å². The molecule has 2 saturated heterocycles. The van der Waals surface area contributed by atoms with Crippen LogP contribution in [-0.2, 0) is 0 Å². The fourth-order valence-corrected chi connectivity index (χ4v) is 3.74. The molecule has 0 unspecified atom stereocenters. The summed E-state index contributed by atoms with van der Waals surface area (Å²) in [5.74, 6) is 0.962. The first-order chi connectivity index (χ1) is 7.38. The van der Waals surface area contributed by atoms with Gasteiger partial charge >= 0.3 is 0 Å². The van der Waals surface area contributed by atoms with Crippen LogP contribution in [0.5, 0.6) is 0 Å². The Hall–Kier alpha value is -0.0800. The second-order valence-corrected chi connectivity index (χ2v) is 7.65. The maximum atomic E-state index is 2.70. The van der Waals surface area contributed by atoms with Gasteiger partial charge in [0.15, 0.2) is 0 Å². The van der Waals surface area contributed by atoms with E-state index >= 15 is 0 Å². The lowest BCUT2D eigenvalue weighted by atomic mass is 9.59. The Labute approximate surface area is 100.0 Å². The summed E-state index contributed by atoms with van der Waals surface area (Å²) in [5.41, 5.74) is 1.12. The van der Waals surface area contributed by atoms with E-state index in [4.69, 9.17) is 0 Å². The quantitative estimate of drug-likeness (QED) is 0.671. The van der Waals surface area contributed by atoms with Gasteiger partial charge in [-0.15, -0.1) is 0 Å². The molecule has 1 saturated carbocycles. The minimum Gasteiger partial charge on any atom is -0.300 e. The summed E-state index contributed by atoms with van der Waals surface area (Å²) < 4.78 is 0. The third kappa shape index (κ3) is 1.62. The standard InChI is InChI=1S/C14H26N2/c1-11-7-15(8-11)12-5-14(6-12)9-16(10-14)13(2,3)4/h11-12H,5-10H2,1-4H3. The van der Waals surface area contributed by atoms with Gasteiger partial charge in [-0.1, -0.05) is 6.92 Å². The van der Waals surface area contributed by atoms with Crippen LogP contribution in [0.4, 0.5) is 0 Å². The molecule has 3 aliphatic rings. The molecule has 2 aliphatic heterocycles. The lowest BCUT2D eigenvalue weighted by molar-refractivity contribution is -0.152. The lowest BCUT2D eigenvalue weighted by Crippen LogP contribution is -2.71. The lowest BCUT2D eigenvalue weighted by Gasteiger charge is -2.65. The molecule has 0 N–H and O–H groups in total.